The van der Waals surface area contributed by atoms with E-state index in [0.717, 1.165) is 27.9 Å². The number of ether oxygens (including phenoxy) is 2. The molecule has 0 spiro atoms. The Morgan fingerprint density at radius 3 is 2.26 bits per heavy atom. The summed E-state index contributed by atoms with van der Waals surface area (Å²) in [5, 5.41) is 5.33. The van der Waals surface area contributed by atoms with Crippen molar-refractivity contribution in [2.45, 2.75) is 6.61 Å². The number of aromatic nitrogens is 1. The third kappa shape index (κ3) is 6.35. The Morgan fingerprint density at radius 2 is 1.53 bits per heavy atom. The Balaban J connectivity index is 1.19. The van der Waals surface area contributed by atoms with Crippen molar-refractivity contribution in [3.63, 3.8) is 0 Å². The number of carbonyl (C=O) groups excluding carboxylic acids is 1. The highest BCUT2D eigenvalue weighted by molar-refractivity contribution is 7.14. The molecule has 0 fully saturated rings. The van der Waals surface area contributed by atoms with Gasteiger partial charge in [0, 0.05) is 17.0 Å². The van der Waals surface area contributed by atoms with Gasteiger partial charge >= 0.3 is 0 Å². The normalized spacial score (nSPS) is 10.9. The molecule has 1 amide bonds. The fraction of sp³-hybridized carbons (Fsp3) is 0.0625. The minimum absolute atomic E-state index is 0.256. The van der Waals surface area contributed by atoms with Gasteiger partial charge in [0.15, 0.2) is 16.6 Å². The van der Waals surface area contributed by atoms with Crippen molar-refractivity contribution in [1.29, 1.82) is 0 Å². The molecule has 5 rings (SSSR count). The van der Waals surface area contributed by atoms with Gasteiger partial charge < -0.3 is 9.47 Å². The second-order valence-electron chi connectivity index (χ2n) is 8.49. The molecule has 4 aromatic carbocycles. The number of hydrogen-bond donors (Lipinski definition) is 1. The number of methoxy groups -OCH3 is 1. The topological polar surface area (TPSA) is 60.5 Å². The van der Waals surface area contributed by atoms with E-state index in [1.165, 1.54) is 23.0 Å². The van der Waals surface area contributed by atoms with Crippen LogP contribution in [0.15, 0.2) is 115 Å². The number of amides is 1. The van der Waals surface area contributed by atoms with Gasteiger partial charge in [-0.05, 0) is 40.5 Å². The molecule has 1 heterocycles. The summed E-state index contributed by atoms with van der Waals surface area (Å²) < 4.78 is 11.4. The van der Waals surface area contributed by atoms with Crippen LogP contribution in [-0.2, 0) is 11.4 Å². The number of anilines is 1. The van der Waals surface area contributed by atoms with E-state index in [-0.39, 0.29) is 5.91 Å². The van der Waals surface area contributed by atoms with Gasteiger partial charge in [-0.25, -0.2) is 4.98 Å². The molecule has 1 aromatic heterocycles. The molecule has 0 aliphatic rings. The van der Waals surface area contributed by atoms with Crippen LogP contribution in [0.25, 0.3) is 28.5 Å². The minimum atomic E-state index is -0.256. The molecular formula is C32H26N2O3S. The fourth-order valence-corrected chi connectivity index (χ4v) is 4.61. The van der Waals surface area contributed by atoms with E-state index in [4.69, 9.17) is 9.47 Å². The summed E-state index contributed by atoms with van der Waals surface area (Å²) in [5.74, 6) is 0.991. The van der Waals surface area contributed by atoms with E-state index in [9.17, 15) is 4.79 Å². The molecule has 5 aromatic rings. The van der Waals surface area contributed by atoms with Gasteiger partial charge in [-0.15, -0.1) is 11.3 Å². The van der Waals surface area contributed by atoms with Crippen molar-refractivity contribution >= 4 is 28.5 Å². The van der Waals surface area contributed by atoms with Crippen LogP contribution in [0.1, 0.15) is 11.1 Å². The number of rotatable bonds is 9. The predicted molar refractivity (Wildman–Crippen MR) is 154 cm³/mol. The third-order valence-corrected chi connectivity index (χ3v) is 6.63. The lowest BCUT2D eigenvalue weighted by Crippen LogP contribution is -2.07. The van der Waals surface area contributed by atoms with Crippen molar-refractivity contribution in [1.82, 2.24) is 4.98 Å². The summed E-state index contributed by atoms with van der Waals surface area (Å²) >= 11 is 1.39. The summed E-state index contributed by atoms with van der Waals surface area (Å²) in [4.78, 5) is 17.1. The van der Waals surface area contributed by atoms with Gasteiger partial charge in [0.05, 0.1) is 12.8 Å². The summed E-state index contributed by atoms with van der Waals surface area (Å²) in [6.07, 6.45) is 3.21. The van der Waals surface area contributed by atoms with E-state index in [0.29, 0.717) is 23.2 Å². The largest absolute Gasteiger partial charge is 0.493 e. The van der Waals surface area contributed by atoms with Crippen molar-refractivity contribution in [3.05, 3.63) is 126 Å². The second kappa shape index (κ2) is 12.0. The number of nitrogens with zero attached hydrogens (tertiary/aromatic N) is 1. The monoisotopic (exact) mass is 518 g/mol. The molecule has 0 atom stereocenters. The molecule has 6 heteroatoms. The van der Waals surface area contributed by atoms with Crippen LogP contribution in [0.4, 0.5) is 5.13 Å². The quantitative estimate of drug-likeness (QED) is 0.203. The average Bonchev–Trinajstić information content (AvgIpc) is 3.44. The molecule has 0 unspecified atom stereocenters. The van der Waals surface area contributed by atoms with E-state index >= 15 is 0 Å². The predicted octanol–water partition coefficient (Wildman–Crippen LogP) is 7.72. The van der Waals surface area contributed by atoms with Crippen molar-refractivity contribution in [2.24, 2.45) is 0 Å². The Labute approximate surface area is 226 Å². The van der Waals surface area contributed by atoms with E-state index in [1.807, 2.05) is 84.2 Å². The van der Waals surface area contributed by atoms with Crippen LogP contribution in [0, 0.1) is 0 Å². The zero-order valence-corrected chi connectivity index (χ0v) is 21.7. The fourth-order valence-electron chi connectivity index (χ4n) is 3.89. The Hall–Kier alpha value is -4.68. The number of hydrogen-bond acceptors (Lipinski definition) is 5. The van der Waals surface area contributed by atoms with Gasteiger partial charge in [-0.1, -0.05) is 91.0 Å². The van der Waals surface area contributed by atoms with Gasteiger partial charge in [0.25, 0.3) is 0 Å². The first kappa shape index (κ1) is 25.0. The highest BCUT2D eigenvalue weighted by Gasteiger charge is 2.09. The maximum Gasteiger partial charge on any atom is 0.250 e. The zero-order valence-electron chi connectivity index (χ0n) is 20.8. The molecule has 5 nitrogen and oxygen atoms in total. The minimum Gasteiger partial charge on any atom is -0.493 e. The van der Waals surface area contributed by atoms with Crippen LogP contribution >= 0.6 is 11.3 Å². The molecule has 0 saturated carbocycles. The highest BCUT2D eigenvalue weighted by atomic mass is 32.1. The number of thiazole rings is 1. The molecule has 0 bridgehead atoms. The standard InChI is InChI=1S/C32H26N2O3S/c1-36-30-20-23(12-18-29(30)37-21-24-8-4-2-5-9-24)13-19-31(35)34-32-33-28(22-38-32)27-16-14-26(15-17-27)25-10-6-3-7-11-25/h2-20,22H,21H2,1H3,(H,33,34,35). The molecule has 1 N–H and O–H groups in total. The van der Waals surface area contributed by atoms with Gasteiger partial charge in [0.2, 0.25) is 5.91 Å². The highest BCUT2D eigenvalue weighted by Crippen LogP contribution is 2.30. The van der Waals surface area contributed by atoms with E-state index < -0.39 is 0 Å². The number of carbonyl (C=O) groups is 1. The van der Waals surface area contributed by atoms with E-state index in [1.54, 1.807) is 13.2 Å². The first-order chi connectivity index (χ1) is 18.7. The summed E-state index contributed by atoms with van der Waals surface area (Å²) in [7, 11) is 1.60. The zero-order chi connectivity index (χ0) is 26.2. The first-order valence-corrected chi connectivity index (χ1v) is 13.0. The molecule has 0 aliphatic carbocycles. The molecule has 0 aliphatic heterocycles. The Kier molecular flexibility index (Phi) is 7.92. The van der Waals surface area contributed by atoms with Crippen LogP contribution in [0.2, 0.25) is 0 Å². The van der Waals surface area contributed by atoms with Crippen LogP contribution < -0.4 is 14.8 Å². The molecule has 188 valence electrons. The summed E-state index contributed by atoms with van der Waals surface area (Å²) in [5.41, 5.74) is 6.04. The number of nitrogens with one attached hydrogen (secondary N) is 1. The van der Waals surface area contributed by atoms with Crippen LogP contribution in [0.3, 0.4) is 0 Å². The van der Waals surface area contributed by atoms with Gasteiger partial charge in [-0.3, -0.25) is 10.1 Å². The molecule has 0 saturated heterocycles. The van der Waals surface area contributed by atoms with Crippen LogP contribution in [0.5, 0.6) is 11.5 Å². The number of benzene rings is 4. The third-order valence-electron chi connectivity index (χ3n) is 5.87. The van der Waals surface area contributed by atoms with Crippen molar-refractivity contribution < 1.29 is 14.3 Å². The summed E-state index contributed by atoms with van der Waals surface area (Å²) in [6, 6.07) is 34.0. The Bertz CT molecular complexity index is 1530. The summed E-state index contributed by atoms with van der Waals surface area (Å²) in [6.45, 7) is 0.446. The van der Waals surface area contributed by atoms with Crippen LogP contribution in [-0.4, -0.2) is 18.0 Å². The molecule has 0 radical (unpaired) electrons. The lowest BCUT2D eigenvalue weighted by molar-refractivity contribution is -0.111. The smallest absolute Gasteiger partial charge is 0.250 e. The van der Waals surface area contributed by atoms with Crippen molar-refractivity contribution in [3.8, 4) is 33.9 Å². The lowest BCUT2D eigenvalue weighted by atomic mass is 10.0. The maximum atomic E-state index is 12.5. The van der Waals surface area contributed by atoms with Gasteiger partial charge in [-0.2, -0.15) is 0 Å². The second-order valence-corrected chi connectivity index (χ2v) is 9.35. The first-order valence-electron chi connectivity index (χ1n) is 12.1. The molecular weight excluding hydrogens is 492 g/mol. The SMILES string of the molecule is COc1cc(C=CC(=O)Nc2nc(-c3ccc(-c4ccccc4)cc3)cs2)ccc1OCc1ccccc1. The van der Waals surface area contributed by atoms with E-state index in [2.05, 4.69) is 34.6 Å². The lowest BCUT2D eigenvalue weighted by Gasteiger charge is -2.11. The van der Waals surface area contributed by atoms with Crippen molar-refractivity contribution in [2.75, 3.05) is 12.4 Å². The maximum absolute atomic E-state index is 12.5. The molecule has 38 heavy (non-hydrogen) atoms. The van der Waals surface area contributed by atoms with Gasteiger partial charge in [0.1, 0.15) is 6.61 Å². The Morgan fingerprint density at radius 1 is 0.842 bits per heavy atom. The average molecular weight is 519 g/mol.